The van der Waals surface area contributed by atoms with Gasteiger partial charge in [0.1, 0.15) is 0 Å². The topological polar surface area (TPSA) is 52.4 Å². The molecule has 0 unspecified atom stereocenters. The number of nitrogens with zero attached hydrogens (tertiary/aromatic N) is 4. The van der Waals surface area contributed by atoms with Crippen molar-refractivity contribution >= 4 is 58.5 Å². The van der Waals surface area contributed by atoms with E-state index in [1.165, 1.54) is 56.5 Å². The average Bonchev–Trinajstić information content (AvgIpc) is 3.84. The summed E-state index contributed by atoms with van der Waals surface area (Å²) < 4.78 is 39.1. The first-order valence-corrected chi connectivity index (χ1v) is 26.9. The van der Waals surface area contributed by atoms with Gasteiger partial charge in [0, 0.05) is 0 Å². The number of pyridine rings is 4. The van der Waals surface area contributed by atoms with Gasteiger partial charge < -0.3 is 0 Å². The molecule has 6 aliphatic rings. The van der Waals surface area contributed by atoms with Crippen molar-refractivity contribution in [2.45, 2.75) is 62.7 Å². The Labute approximate surface area is 323 Å². The Kier molecular flexibility index (Phi) is 5.26. The Morgan fingerprint density at radius 1 is 0.304 bits per heavy atom. The van der Waals surface area contributed by atoms with Gasteiger partial charge in [-0.15, -0.1) is 0 Å². The molecule has 2 saturated heterocycles. The van der Waals surface area contributed by atoms with Crippen LogP contribution in [0.25, 0.3) is 43.6 Å². The van der Waals surface area contributed by atoms with E-state index < -0.39 is 14.9 Å². The molecule has 0 saturated carbocycles. The third kappa shape index (κ3) is 3.09. The van der Waals surface area contributed by atoms with Crippen molar-refractivity contribution in [2.24, 2.45) is 0 Å². The van der Waals surface area contributed by atoms with Crippen LogP contribution in [0.2, 0.25) is 24.2 Å². The molecule has 10 heterocycles. The molecule has 0 radical (unpaired) electrons. The predicted octanol–water partition coefficient (Wildman–Crippen LogP) is 8.55. The summed E-state index contributed by atoms with van der Waals surface area (Å²) in [6.45, 7) is 0. The van der Waals surface area contributed by atoms with Crippen molar-refractivity contribution in [3.8, 4) is 23.0 Å². The van der Waals surface area contributed by atoms with Crippen molar-refractivity contribution in [1.29, 1.82) is 0 Å². The fourth-order valence-corrected chi connectivity index (χ4v) is 30.7. The number of rotatable bonds is 0. The molecule has 0 aliphatic carbocycles. The van der Waals surface area contributed by atoms with Gasteiger partial charge in [0.25, 0.3) is 0 Å². The molecular formula is C46H44N4O4Si2. The fourth-order valence-electron chi connectivity index (χ4n) is 13.3. The first-order chi connectivity index (χ1) is 27.4. The molecule has 2 fully saturated rings. The maximum absolute atomic E-state index is 7.32. The zero-order valence-electron chi connectivity index (χ0n) is 31.3. The van der Waals surface area contributed by atoms with Crippen LogP contribution in [0.5, 0.6) is 23.0 Å². The van der Waals surface area contributed by atoms with Gasteiger partial charge in [-0.3, -0.25) is 0 Å². The monoisotopic (exact) mass is 772 g/mol. The van der Waals surface area contributed by atoms with Gasteiger partial charge in [-0.25, -0.2) is 0 Å². The van der Waals surface area contributed by atoms with E-state index in [0.29, 0.717) is 0 Å². The summed E-state index contributed by atoms with van der Waals surface area (Å²) in [6, 6.07) is 46.5. The third-order valence-corrected chi connectivity index (χ3v) is 31.4. The van der Waals surface area contributed by atoms with Gasteiger partial charge in [-0.1, -0.05) is 0 Å². The molecule has 8 aromatic rings. The summed E-state index contributed by atoms with van der Waals surface area (Å²) in [5.41, 5.74) is 4.70. The Bertz CT molecular complexity index is 2710. The minimum absolute atomic E-state index is 0.923. The molecule has 0 amide bonds. The fraction of sp³-hybridized carbons (Fsp3) is 0.217. The first kappa shape index (κ1) is 31.4. The number of benzene rings is 4. The molecular weight excluding hydrogens is 729 g/mol. The van der Waals surface area contributed by atoms with Crippen LogP contribution in [0.3, 0.4) is 0 Å². The normalized spacial score (nSPS) is 24.3. The van der Waals surface area contributed by atoms with Crippen LogP contribution in [0.1, 0.15) is 38.5 Å². The summed E-state index contributed by atoms with van der Waals surface area (Å²) >= 11 is 0. The van der Waals surface area contributed by atoms with Gasteiger partial charge in [-0.2, -0.15) is 0 Å². The van der Waals surface area contributed by atoms with E-state index in [9.17, 15) is 0 Å². The van der Waals surface area contributed by atoms with E-state index in [1.807, 2.05) is 0 Å². The summed E-state index contributed by atoms with van der Waals surface area (Å²) in [6.07, 6.45) is 15.7. The number of hydrogen-bond donors (Lipinski definition) is 0. The van der Waals surface area contributed by atoms with Crippen molar-refractivity contribution in [2.75, 3.05) is 0 Å². The van der Waals surface area contributed by atoms with Crippen LogP contribution >= 0.6 is 0 Å². The van der Waals surface area contributed by atoms with Crippen molar-refractivity contribution in [3.63, 3.8) is 0 Å². The predicted molar refractivity (Wildman–Crippen MR) is 219 cm³/mol. The average molecular weight is 773 g/mol. The van der Waals surface area contributed by atoms with Gasteiger partial charge in [0.05, 0.1) is 0 Å². The van der Waals surface area contributed by atoms with Gasteiger partial charge in [0.2, 0.25) is 0 Å². The van der Waals surface area contributed by atoms with Crippen LogP contribution in [0.4, 0.5) is 0 Å². The Balaban J connectivity index is 0.000000118. The van der Waals surface area contributed by atoms with E-state index in [-0.39, 0.29) is 0 Å². The maximum atomic E-state index is 7.32. The molecule has 8 nitrogen and oxygen atoms in total. The number of hydrogen-bond acceptors (Lipinski definition) is 4. The van der Waals surface area contributed by atoms with E-state index in [1.54, 1.807) is 0 Å². The zero-order valence-corrected chi connectivity index (χ0v) is 33.3. The van der Waals surface area contributed by atoms with Crippen LogP contribution in [-0.4, -0.2) is 14.9 Å². The second kappa shape index (κ2) is 9.39. The molecule has 6 aliphatic heterocycles. The first-order valence-electron chi connectivity index (χ1n) is 20.7. The van der Waals surface area contributed by atoms with Gasteiger partial charge in [0.15, 0.2) is 0 Å². The second-order valence-corrected chi connectivity index (χ2v) is 30.6. The van der Waals surface area contributed by atoms with Crippen molar-refractivity contribution in [3.05, 3.63) is 146 Å². The molecule has 4 aromatic heterocycles. The standard InChI is InChI=1S/2C23H22N2O2Si/c2*1-2-16-28(17-3-1,24-14-6-10-18-8-4-12-20(26-28)22(18)24)25-15-7-11-19-9-5-13-21(27-28)23(19)25/h2*4-15H,1-3,16-17H2. The van der Waals surface area contributed by atoms with Gasteiger partial charge in [-0.05, 0) is 0 Å². The third-order valence-electron chi connectivity index (χ3n) is 15.4. The second-order valence-electron chi connectivity index (χ2n) is 17.8. The van der Waals surface area contributed by atoms with Crippen molar-refractivity contribution in [1.82, 2.24) is 0 Å². The Morgan fingerprint density at radius 2 is 0.554 bits per heavy atom. The van der Waals surface area contributed by atoms with Gasteiger partial charge >= 0.3 is 325 Å². The number of aromatic nitrogens is 4. The summed E-state index contributed by atoms with van der Waals surface area (Å²) in [5.74, 6) is 3.84. The molecule has 10 heteroatoms. The molecule has 56 heavy (non-hydrogen) atoms. The van der Waals surface area contributed by atoms with Crippen LogP contribution in [-0.2, 0) is 0 Å². The molecule has 0 N–H and O–H groups in total. The van der Waals surface area contributed by atoms with Crippen LogP contribution < -0.4 is 34.6 Å². The van der Waals surface area contributed by atoms with E-state index in [0.717, 1.165) is 72.9 Å². The van der Waals surface area contributed by atoms with Crippen LogP contribution in [0.15, 0.2) is 146 Å². The van der Waals surface area contributed by atoms with Crippen LogP contribution in [0, 0.1) is 0 Å². The summed E-state index contributed by atoms with van der Waals surface area (Å²) in [4.78, 5) is 0. The minimum atomic E-state index is -4.42. The summed E-state index contributed by atoms with van der Waals surface area (Å²) in [5, 5.41) is 4.83. The molecule has 14 rings (SSSR count). The Morgan fingerprint density at radius 3 is 0.821 bits per heavy atom. The number of para-hydroxylation sites is 4. The molecule has 0 atom stereocenters. The zero-order chi connectivity index (χ0) is 36.9. The van der Waals surface area contributed by atoms with E-state index >= 15 is 0 Å². The quantitative estimate of drug-likeness (QED) is 0.145. The molecule has 0 bridgehead atoms. The van der Waals surface area contributed by atoms with E-state index in [2.05, 4.69) is 163 Å². The Hall–Kier alpha value is -5.85. The van der Waals surface area contributed by atoms with Crippen molar-refractivity contribution < 1.29 is 34.6 Å². The van der Waals surface area contributed by atoms with E-state index in [4.69, 9.17) is 17.7 Å². The molecule has 4 aromatic carbocycles. The molecule has 280 valence electrons. The molecule has 2 spiro atoms. The summed E-state index contributed by atoms with van der Waals surface area (Å²) in [7, 11) is -8.84. The SMILES string of the molecule is c1cc2c3c(c1)ccc[n+]3[Si-2]13(CCCCC1)(O2)Oc1cccc2ccc[n+]3c12.c1cc2c3c(c1)ccc[n+]3[Si-2]13(CCCCC1)(O2)Oc1cccc2ccc[n+]3c12.